The van der Waals surface area contributed by atoms with E-state index in [4.69, 9.17) is 11.6 Å². The van der Waals surface area contributed by atoms with Crippen molar-refractivity contribution < 1.29 is 0 Å². The van der Waals surface area contributed by atoms with Gasteiger partial charge in [-0.2, -0.15) is 0 Å². The topological polar surface area (TPSA) is 28.2 Å². The second-order valence-electron chi connectivity index (χ2n) is 4.48. The molecule has 96 valence electrons. The molecule has 0 aliphatic carbocycles. The zero-order valence-corrected chi connectivity index (χ0v) is 11.9. The maximum absolute atomic E-state index is 6.14. The minimum Gasteiger partial charge on any atom is -0.357 e. The van der Waals surface area contributed by atoms with E-state index < -0.39 is 0 Å². The lowest BCUT2D eigenvalue weighted by Gasteiger charge is -2.23. The average Bonchev–Trinajstić information content (AvgIpc) is 2.30. The molecule has 17 heavy (non-hydrogen) atoms. The van der Waals surface area contributed by atoms with Crippen LogP contribution in [0, 0.1) is 0 Å². The summed E-state index contributed by atoms with van der Waals surface area (Å²) in [5.41, 5.74) is 0.921. The molecule has 4 heteroatoms. The van der Waals surface area contributed by atoms with Gasteiger partial charge < -0.3 is 10.2 Å². The van der Waals surface area contributed by atoms with E-state index in [1.165, 1.54) is 0 Å². The molecule has 0 saturated carbocycles. The predicted molar refractivity (Wildman–Crippen MR) is 74.8 cm³/mol. The van der Waals surface area contributed by atoms with Gasteiger partial charge >= 0.3 is 0 Å². The largest absolute Gasteiger partial charge is 0.357 e. The molecule has 1 rings (SSSR count). The maximum atomic E-state index is 6.14. The van der Waals surface area contributed by atoms with E-state index in [1.807, 2.05) is 19.2 Å². The molecule has 0 bridgehead atoms. The molecule has 1 aromatic heterocycles. The van der Waals surface area contributed by atoms with Gasteiger partial charge in [0.1, 0.15) is 5.82 Å². The molecule has 0 aliphatic rings. The van der Waals surface area contributed by atoms with E-state index in [-0.39, 0.29) is 0 Å². The van der Waals surface area contributed by atoms with Crippen LogP contribution in [0.5, 0.6) is 0 Å². The Bertz CT molecular complexity index is 353. The Morgan fingerprint density at radius 2 is 2.12 bits per heavy atom. The summed E-state index contributed by atoms with van der Waals surface area (Å²) in [6.45, 7) is 8.15. The standard InChI is InChI=1S/C13H22ClN3/c1-5-8-15-9-12-11(14)6-7-13(16-12)17(4)10(2)3/h6-7,10,15H,5,8-9H2,1-4H3. The van der Waals surface area contributed by atoms with Crippen molar-refractivity contribution in [1.29, 1.82) is 0 Å². The minimum atomic E-state index is 0.431. The third kappa shape index (κ3) is 4.17. The van der Waals surface area contributed by atoms with Crippen molar-refractivity contribution in [3.05, 3.63) is 22.8 Å². The number of pyridine rings is 1. The zero-order valence-electron chi connectivity index (χ0n) is 11.1. The summed E-state index contributed by atoms with van der Waals surface area (Å²) >= 11 is 6.14. The smallest absolute Gasteiger partial charge is 0.128 e. The molecule has 1 N–H and O–H groups in total. The van der Waals surface area contributed by atoms with Gasteiger partial charge in [-0.15, -0.1) is 0 Å². The molecule has 1 heterocycles. The molecule has 3 nitrogen and oxygen atoms in total. The first-order valence-corrected chi connectivity index (χ1v) is 6.53. The molecular formula is C13H22ClN3. The van der Waals surface area contributed by atoms with E-state index >= 15 is 0 Å². The van der Waals surface area contributed by atoms with Crippen molar-refractivity contribution in [2.75, 3.05) is 18.5 Å². The summed E-state index contributed by atoms with van der Waals surface area (Å²) in [6.07, 6.45) is 1.11. The molecule has 0 fully saturated rings. The van der Waals surface area contributed by atoms with Crippen LogP contribution in [0.3, 0.4) is 0 Å². The van der Waals surface area contributed by atoms with Crippen molar-refractivity contribution in [3.8, 4) is 0 Å². The van der Waals surface area contributed by atoms with Gasteiger partial charge in [-0.1, -0.05) is 18.5 Å². The van der Waals surface area contributed by atoms with E-state index in [0.29, 0.717) is 6.04 Å². The zero-order chi connectivity index (χ0) is 12.8. The van der Waals surface area contributed by atoms with Crippen LogP contribution in [0.25, 0.3) is 0 Å². The summed E-state index contributed by atoms with van der Waals surface area (Å²) in [7, 11) is 2.05. The van der Waals surface area contributed by atoms with Gasteiger partial charge in [0.05, 0.1) is 10.7 Å². The summed E-state index contributed by atoms with van der Waals surface area (Å²) in [5.74, 6) is 0.970. The van der Waals surface area contributed by atoms with Crippen molar-refractivity contribution in [1.82, 2.24) is 10.3 Å². The quantitative estimate of drug-likeness (QED) is 0.792. The first kappa shape index (κ1) is 14.3. The number of halogens is 1. The van der Waals surface area contributed by atoms with Crippen LogP contribution in [-0.4, -0.2) is 24.6 Å². The second kappa shape index (κ2) is 6.82. The first-order chi connectivity index (χ1) is 8.06. The lowest BCUT2D eigenvalue weighted by molar-refractivity contribution is 0.661. The highest BCUT2D eigenvalue weighted by atomic mass is 35.5. The highest BCUT2D eigenvalue weighted by molar-refractivity contribution is 6.31. The monoisotopic (exact) mass is 255 g/mol. The van der Waals surface area contributed by atoms with E-state index in [2.05, 4.69) is 36.0 Å². The number of aromatic nitrogens is 1. The summed E-state index contributed by atoms with van der Waals surface area (Å²) in [4.78, 5) is 6.74. The Morgan fingerprint density at radius 1 is 1.41 bits per heavy atom. The number of nitrogens with one attached hydrogen (secondary N) is 1. The SMILES string of the molecule is CCCNCc1nc(N(C)C(C)C)ccc1Cl. The number of nitrogens with zero attached hydrogens (tertiary/aromatic N) is 2. The van der Waals surface area contributed by atoms with Crippen LogP contribution >= 0.6 is 11.6 Å². The Hall–Kier alpha value is -0.800. The number of hydrogen-bond donors (Lipinski definition) is 1. The third-order valence-electron chi connectivity index (χ3n) is 2.76. The van der Waals surface area contributed by atoms with Crippen LogP contribution in [0.15, 0.2) is 12.1 Å². The lowest BCUT2D eigenvalue weighted by atomic mass is 10.3. The van der Waals surface area contributed by atoms with E-state index in [0.717, 1.165) is 36.0 Å². The van der Waals surface area contributed by atoms with Crippen LogP contribution in [-0.2, 0) is 6.54 Å². The number of rotatable bonds is 6. The predicted octanol–water partition coefficient (Wildman–Crippen LogP) is 3.08. The van der Waals surface area contributed by atoms with Gasteiger partial charge in [-0.3, -0.25) is 0 Å². The van der Waals surface area contributed by atoms with Gasteiger partial charge in [0.25, 0.3) is 0 Å². The van der Waals surface area contributed by atoms with Crippen molar-refractivity contribution in [2.24, 2.45) is 0 Å². The van der Waals surface area contributed by atoms with Crippen LogP contribution in [0.1, 0.15) is 32.9 Å². The summed E-state index contributed by atoms with van der Waals surface area (Å²) in [5, 5.41) is 4.05. The molecule has 0 spiro atoms. The Kier molecular flexibility index (Phi) is 5.72. The average molecular weight is 256 g/mol. The van der Waals surface area contributed by atoms with Crippen molar-refractivity contribution in [3.63, 3.8) is 0 Å². The Labute approximate surface area is 109 Å². The maximum Gasteiger partial charge on any atom is 0.128 e. The van der Waals surface area contributed by atoms with E-state index in [9.17, 15) is 0 Å². The van der Waals surface area contributed by atoms with Crippen LogP contribution in [0.2, 0.25) is 5.02 Å². The first-order valence-electron chi connectivity index (χ1n) is 6.15. The Morgan fingerprint density at radius 3 is 2.71 bits per heavy atom. The van der Waals surface area contributed by atoms with Crippen molar-refractivity contribution in [2.45, 2.75) is 39.8 Å². The summed E-state index contributed by atoms with van der Waals surface area (Å²) in [6, 6.07) is 4.32. The second-order valence-corrected chi connectivity index (χ2v) is 4.89. The van der Waals surface area contributed by atoms with Crippen molar-refractivity contribution >= 4 is 17.4 Å². The fraction of sp³-hybridized carbons (Fsp3) is 0.615. The van der Waals surface area contributed by atoms with Gasteiger partial charge in [0, 0.05) is 19.6 Å². The van der Waals surface area contributed by atoms with Crippen LogP contribution in [0.4, 0.5) is 5.82 Å². The minimum absolute atomic E-state index is 0.431. The van der Waals surface area contributed by atoms with Crippen LogP contribution < -0.4 is 10.2 Å². The molecule has 0 atom stereocenters. The van der Waals surface area contributed by atoms with Gasteiger partial charge in [-0.25, -0.2) is 4.98 Å². The highest BCUT2D eigenvalue weighted by Gasteiger charge is 2.09. The lowest BCUT2D eigenvalue weighted by Crippen LogP contribution is -2.27. The molecule has 1 aromatic rings. The molecule has 0 saturated heterocycles. The van der Waals surface area contributed by atoms with Gasteiger partial charge in [-0.05, 0) is 38.9 Å². The Balaban J connectivity index is 2.79. The van der Waals surface area contributed by atoms with Gasteiger partial charge in [0.2, 0.25) is 0 Å². The van der Waals surface area contributed by atoms with Gasteiger partial charge in [0.15, 0.2) is 0 Å². The molecule has 0 unspecified atom stereocenters. The molecule has 0 radical (unpaired) electrons. The number of anilines is 1. The molecule has 0 amide bonds. The fourth-order valence-electron chi connectivity index (χ4n) is 1.44. The fourth-order valence-corrected chi connectivity index (χ4v) is 1.61. The van der Waals surface area contributed by atoms with E-state index in [1.54, 1.807) is 0 Å². The number of hydrogen-bond acceptors (Lipinski definition) is 3. The normalized spacial score (nSPS) is 10.9. The third-order valence-corrected chi connectivity index (χ3v) is 3.10. The summed E-state index contributed by atoms with van der Waals surface area (Å²) < 4.78 is 0. The highest BCUT2D eigenvalue weighted by Crippen LogP contribution is 2.19. The molecule has 0 aromatic carbocycles. The molecular weight excluding hydrogens is 234 g/mol. The molecule has 0 aliphatic heterocycles.